The first-order valence-corrected chi connectivity index (χ1v) is 8.57. The van der Waals surface area contributed by atoms with E-state index in [0.717, 1.165) is 30.8 Å². The fraction of sp³-hybridized carbons (Fsp3) is 0.350. The summed E-state index contributed by atoms with van der Waals surface area (Å²) >= 11 is 0. The predicted molar refractivity (Wildman–Crippen MR) is 100 cm³/mol. The number of benzene rings is 2. The molecule has 0 aromatic heterocycles. The molecule has 0 aliphatic heterocycles. The van der Waals surface area contributed by atoms with Gasteiger partial charge in [-0.1, -0.05) is 42.5 Å². The Balaban J connectivity index is 1.87. The number of methoxy groups -OCH3 is 1. The highest BCUT2D eigenvalue weighted by atomic mass is 16.5. The Morgan fingerprint density at radius 3 is 2.60 bits per heavy atom. The largest absolute Gasteiger partial charge is 0.497 e. The molecule has 0 aliphatic rings. The van der Waals surface area contributed by atoms with Gasteiger partial charge in [-0.25, -0.2) is 0 Å². The highest BCUT2D eigenvalue weighted by Gasteiger charge is 2.11. The summed E-state index contributed by atoms with van der Waals surface area (Å²) in [5, 5.41) is 2.98. The second kappa shape index (κ2) is 10.5. The van der Waals surface area contributed by atoms with Crippen LogP contribution in [0.3, 0.4) is 0 Å². The molecule has 0 unspecified atom stereocenters. The fourth-order valence-corrected chi connectivity index (χ4v) is 2.61. The van der Waals surface area contributed by atoms with Gasteiger partial charge in [0.1, 0.15) is 5.75 Å². The third kappa shape index (κ3) is 6.95. The molecule has 3 N–H and O–H groups in total. The van der Waals surface area contributed by atoms with Crippen molar-refractivity contribution in [1.82, 2.24) is 10.2 Å². The first-order chi connectivity index (χ1) is 12.2. The van der Waals surface area contributed by atoms with Crippen molar-refractivity contribution in [3.63, 3.8) is 0 Å². The first-order valence-electron chi connectivity index (χ1n) is 8.57. The van der Waals surface area contributed by atoms with Crippen molar-refractivity contribution in [2.45, 2.75) is 19.5 Å². The van der Waals surface area contributed by atoms with Crippen LogP contribution in [0.25, 0.3) is 0 Å². The number of carbonyl (C=O) groups excluding carboxylic acids is 1. The van der Waals surface area contributed by atoms with Crippen LogP contribution in [0.5, 0.6) is 5.75 Å². The van der Waals surface area contributed by atoms with Crippen LogP contribution in [0.15, 0.2) is 54.6 Å². The van der Waals surface area contributed by atoms with Crippen LogP contribution in [0.4, 0.5) is 0 Å². The standard InChI is InChI=1S/C20H27N3O2/c1-25-19-10-5-9-18(13-19)14-22-20(24)16-23(12-6-11-21)15-17-7-3-2-4-8-17/h2-5,7-10,13H,6,11-12,14-16,21H2,1H3,(H,22,24). The van der Waals surface area contributed by atoms with Crippen LogP contribution in [0, 0.1) is 0 Å². The summed E-state index contributed by atoms with van der Waals surface area (Å²) in [5.41, 5.74) is 7.84. The maximum atomic E-state index is 12.3. The van der Waals surface area contributed by atoms with E-state index in [1.807, 2.05) is 42.5 Å². The van der Waals surface area contributed by atoms with Gasteiger partial charge in [-0.2, -0.15) is 0 Å². The quantitative estimate of drug-likeness (QED) is 0.695. The number of amides is 1. The Morgan fingerprint density at radius 2 is 1.88 bits per heavy atom. The van der Waals surface area contributed by atoms with Crippen molar-refractivity contribution in [1.29, 1.82) is 0 Å². The smallest absolute Gasteiger partial charge is 0.234 e. The Labute approximate surface area is 149 Å². The van der Waals surface area contributed by atoms with Gasteiger partial charge < -0.3 is 15.8 Å². The minimum absolute atomic E-state index is 0.00997. The molecule has 2 aromatic carbocycles. The Bertz CT molecular complexity index is 646. The fourth-order valence-electron chi connectivity index (χ4n) is 2.61. The molecule has 5 nitrogen and oxygen atoms in total. The molecule has 0 aliphatic carbocycles. The molecule has 0 radical (unpaired) electrons. The number of hydrogen-bond donors (Lipinski definition) is 2. The van der Waals surface area contributed by atoms with Crippen molar-refractivity contribution >= 4 is 5.91 Å². The van der Waals surface area contributed by atoms with E-state index in [1.165, 1.54) is 5.56 Å². The van der Waals surface area contributed by atoms with Gasteiger partial charge in [-0.05, 0) is 36.2 Å². The van der Waals surface area contributed by atoms with Crippen LogP contribution in [-0.4, -0.2) is 37.6 Å². The van der Waals surface area contributed by atoms with Gasteiger partial charge in [-0.15, -0.1) is 0 Å². The summed E-state index contributed by atoms with van der Waals surface area (Å²) in [6, 6.07) is 17.9. The highest BCUT2D eigenvalue weighted by molar-refractivity contribution is 5.78. The zero-order valence-electron chi connectivity index (χ0n) is 14.8. The topological polar surface area (TPSA) is 67.6 Å². The van der Waals surface area contributed by atoms with E-state index < -0.39 is 0 Å². The lowest BCUT2D eigenvalue weighted by Crippen LogP contribution is -2.37. The van der Waals surface area contributed by atoms with Gasteiger partial charge >= 0.3 is 0 Å². The molecule has 0 fully saturated rings. The summed E-state index contributed by atoms with van der Waals surface area (Å²) in [4.78, 5) is 14.4. The van der Waals surface area contributed by atoms with Crippen molar-refractivity contribution in [2.24, 2.45) is 5.73 Å². The second-order valence-electron chi connectivity index (χ2n) is 5.97. The summed E-state index contributed by atoms with van der Waals surface area (Å²) in [5.74, 6) is 0.802. The molecule has 0 bridgehead atoms. The number of ether oxygens (including phenoxy) is 1. The average molecular weight is 341 g/mol. The number of carbonyl (C=O) groups is 1. The molecule has 0 saturated heterocycles. The maximum absolute atomic E-state index is 12.3. The normalized spacial score (nSPS) is 10.7. The van der Waals surface area contributed by atoms with Crippen LogP contribution >= 0.6 is 0 Å². The highest BCUT2D eigenvalue weighted by Crippen LogP contribution is 2.12. The van der Waals surface area contributed by atoms with Crippen molar-refractivity contribution < 1.29 is 9.53 Å². The summed E-state index contributed by atoms with van der Waals surface area (Å²) in [7, 11) is 1.64. The van der Waals surface area contributed by atoms with E-state index in [9.17, 15) is 4.79 Å². The third-order valence-electron chi connectivity index (χ3n) is 3.92. The Morgan fingerprint density at radius 1 is 1.12 bits per heavy atom. The molecule has 2 aromatic rings. The van der Waals surface area contributed by atoms with Crippen molar-refractivity contribution in [3.8, 4) is 5.75 Å². The SMILES string of the molecule is COc1cccc(CNC(=O)CN(CCCN)Cc2ccccc2)c1. The van der Waals surface area contributed by atoms with Crippen molar-refractivity contribution in [2.75, 3.05) is 26.7 Å². The van der Waals surface area contributed by atoms with Gasteiger partial charge in [0.25, 0.3) is 0 Å². The molecule has 2 rings (SSSR count). The molecule has 134 valence electrons. The number of nitrogens with zero attached hydrogens (tertiary/aromatic N) is 1. The van der Waals surface area contributed by atoms with Gasteiger partial charge in [0.2, 0.25) is 5.91 Å². The molecule has 5 heteroatoms. The van der Waals surface area contributed by atoms with Crippen LogP contribution in [-0.2, 0) is 17.9 Å². The monoisotopic (exact) mass is 341 g/mol. The molecule has 0 heterocycles. The zero-order valence-corrected chi connectivity index (χ0v) is 14.8. The molecule has 1 amide bonds. The van der Waals surface area contributed by atoms with Crippen LogP contribution < -0.4 is 15.8 Å². The first kappa shape index (κ1) is 19.0. The van der Waals surface area contributed by atoms with Crippen molar-refractivity contribution in [3.05, 3.63) is 65.7 Å². The molecule has 0 saturated carbocycles. The zero-order chi connectivity index (χ0) is 17.9. The summed E-state index contributed by atoms with van der Waals surface area (Å²) in [6.45, 7) is 3.02. The lowest BCUT2D eigenvalue weighted by molar-refractivity contribution is -0.122. The minimum atomic E-state index is 0.00997. The van der Waals surface area contributed by atoms with E-state index in [2.05, 4.69) is 22.3 Å². The lowest BCUT2D eigenvalue weighted by atomic mass is 10.2. The molecular formula is C20H27N3O2. The van der Waals surface area contributed by atoms with Gasteiger partial charge in [-0.3, -0.25) is 9.69 Å². The average Bonchev–Trinajstić information content (AvgIpc) is 2.65. The van der Waals surface area contributed by atoms with E-state index in [1.54, 1.807) is 7.11 Å². The summed E-state index contributed by atoms with van der Waals surface area (Å²) in [6.07, 6.45) is 0.871. The number of nitrogens with one attached hydrogen (secondary N) is 1. The van der Waals surface area contributed by atoms with Gasteiger partial charge in [0.05, 0.1) is 13.7 Å². The van der Waals surface area contributed by atoms with E-state index in [4.69, 9.17) is 10.5 Å². The number of rotatable bonds is 10. The maximum Gasteiger partial charge on any atom is 0.234 e. The van der Waals surface area contributed by atoms with E-state index in [-0.39, 0.29) is 5.91 Å². The van der Waals surface area contributed by atoms with Crippen LogP contribution in [0.1, 0.15) is 17.5 Å². The second-order valence-corrected chi connectivity index (χ2v) is 5.97. The molecule has 0 spiro atoms. The van der Waals surface area contributed by atoms with E-state index in [0.29, 0.717) is 19.6 Å². The molecule has 0 atom stereocenters. The Hall–Kier alpha value is -2.37. The molecular weight excluding hydrogens is 314 g/mol. The van der Waals surface area contributed by atoms with Crippen LogP contribution in [0.2, 0.25) is 0 Å². The predicted octanol–water partition coefficient (Wildman–Crippen LogP) is 2.16. The van der Waals surface area contributed by atoms with Gasteiger partial charge in [0.15, 0.2) is 0 Å². The third-order valence-corrected chi connectivity index (χ3v) is 3.92. The summed E-state index contributed by atoms with van der Waals surface area (Å²) < 4.78 is 5.20. The number of nitrogens with two attached hydrogens (primary N) is 1. The Kier molecular flexibility index (Phi) is 7.95. The minimum Gasteiger partial charge on any atom is -0.497 e. The van der Waals surface area contributed by atoms with Gasteiger partial charge in [0, 0.05) is 19.6 Å². The van der Waals surface area contributed by atoms with E-state index >= 15 is 0 Å². The molecule has 25 heavy (non-hydrogen) atoms. The number of hydrogen-bond acceptors (Lipinski definition) is 4. The lowest BCUT2D eigenvalue weighted by Gasteiger charge is -2.21.